The van der Waals surface area contributed by atoms with Gasteiger partial charge in [0.2, 0.25) is 5.91 Å². The summed E-state index contributed by atoms with van der Waals surface area (Å²) >= 11 is 0. The third kappa shape index (κ3) is 6.39. The van der Waals surface area contributed by atoms with Gasteiger partial charge in [-0.25, -0.2) is 9.78 Å². The monoisotopic (exact) mass is 524 g/mol. The van der Waals surface area contributed by atoms with Gasteiger partial charge in [-0.3, -0.25) is 4.79 Å². The van der Waals surface area contributed by atoms with Gasteiger partial charge in [-0.2, -0.15) is 0 Å². The molecule has 0 aromatic heterocycles. The second kappa shape index (κ2) is 12.3. The van der Waals surface area contributed by atoms with E-state index >= 15 is 0 Å². The van der Waals surface area contributed by atoms with Gasteiger partial charge in [-0.1, -0.05) is 12.1 Å². The van der Waals surface area contributed by atoms with Gasteiger partial charge in [0.15, 0.2) is 0 Å². The predicted octanol–water partition coefficient (Wildman–Crippen LogP) is 5.84. The van der Waals surface area contributed by atoms with Crippen molar-refractivity contribution in [3.05, 3.63) is 29.8 Å². The van der Waals surface area contributed by atoms with Crippen LogP contribution in [0, 0.1) is 29.6 Å². The summed E-state index contributed by atoms with van der Waals surface area (Å²) in [7, 11) is 0. The van der Waals surface area contributed by atoms with Crippen LogP contribution in [0.5, 0.6) is 5.75 Å². The summed E-state index contributed by atoms with van der Waals surface area (Å²) in [5.74, 6) is 5.00. The molecular weight excluding hydrogens is 476 g/mol. The van der Waals surface area contributed by atoms with E-state index in [1.54, 1.807) is 0 Å². The van der Waals surface area contributed by atoms with E-state index < -0.39 is 0 Å². The molecule has 7 rings (SSSR count). The molecule has 0 unspecified atom stereocenters. The van der Waals surface area contributed by atoms with Crippen molar-refractivity contribution in [2.75, 3.05) is 26.2 Å². The summed E-state index contributed by atoms with van der Waals surface area (Å²) in [6.07, 6.45) is 16.2. The number of likely N-dealkylation sites (tertiary alicyclic amines) is 1. The average molecular weight is 525 g/mol. The lowest BCUT2D eigenvalue weighted by Crippen LogP contribution is -2.49. The molecule has 1 saturated heterocycles. The molecule has 5 saturated carbocycles. The Morgan fingerprint density at radius 1 is 0.816 bits per heavy atom. The van der Waals surface area contributed by atoms with Crippen LogP contribution in [0.4, 0.5) is 0 Å². The summed E-state index contributed by atoms with van der Waals surface area (Å²) in [5.41, 5.74) is 6.86. The zero-order chi connectivity index (χ0) is 25.9. The van der Waals surface area contributed by atoms with E-state index in [0.717, 1.165) is 94.2 Å². The molecule has 0 spiro atoms. The van der Waals surface area contributed by atoms with Gasteiger partial charge in [0.05, 0.1) is 18.8 Å². The minimum Gasteiger partial charge on any atom is -0.494 e. The molecule has 6 nitrogen and oxygen atoms in total. The number of benzene rings is 1. The van der Waals surface area contributed by atoms with Crippen LogP contribution in [-0.4, -0.2) is 49.3 Å². The number of primary amides is 1. The smallest absolute Gasteiger partial charge is 0.220 e. The molecule has 38 heavy (non-hydrogen) atoms. The number of carbonyl (C=O) groups excluding carboxylic acids is 1. The maximum atomic E-state index is 11.3. The lowest BCUT2D eigenvalue weighted by molar-refractivity contribution is -0.383. The van der Waals surface area contributed by atoms with E-state index in [1.807, 2.05) is 0 Å². The van der Waals surface area contributed by atoms with Gasteiger partial charge >= 0.3 is 0 Å². The second-order valence-electron chi connectivity index (χ2n) is 13.2. The molecule has 6 fully saturated rings. The normalized spacial score (nSPS) is 35.4. The van der Waals surface area contributed by atoms with Crippen molar-refractivity contribution in [2.24, 2.45) is 35.3 Å². The first-order valence-electron chi connectivity index (χ1n) is 15.7. The zero-order valence-corrected chi connectivity index (χ0v) is 23.1. The summed E-state index contributed by atoms with van der Waals surface area (Å²) < 4.78 is 6.02. The Balaban J connectivity index is 0.851. The zero-order valence-electron chi connectivity index (χ0n) is 23.1. The maximum Gasteiger partial charge on any atom is 0.220 e. The van der Waals surface area contributed by atoms with Crippen LogP contribution in [0.15, 0.2) is 24.3 Å². The van der Waals surface area contributed by atoms with Gasteiger partial charge in [0, 0.05) is 5.92 Å². The molecule has 1 heterocycles. The number of amides is 1. The van der Waals surface area contributed by atoms with Crippen LogP contribution >= 0.6 is 0 Å². The highest BCUT2D eigenvalue weighted by Crippen LogP contribution is 2.54. The van der Waals surface area contributed by atoms with E-state index in [4.69, 9.17) is 20.2 Å². The molecular formula is C32H48N2O4. The minimum atomic E-state index is -0.136. The molecule has 0 atom stereocenters. The van der Waals surface area contributed by atoms with E-state index in [0.29, 0.717) is 12.0 Å². The quantitative estimate of drug-likeness (QED) is 0.224. The number of ether oxygens (including phenoxy) is 1. The number of unbranched alkanes of at least 4 members (excludes halogenated alkanes) is 1. The molecule has 1 aliphatic heterocycles. The van der Waals surface area contributed by atoms with Crippen LogP contribution in [0.2, 0.25) is 0 Å². The van der Waals surface area contributed by atoms with Crippen LogP contribution in [0.25, 0.3) is 0 Å². The molecule has 6 aliphatic rings. The molecule has 1 aromatic rings. The Morgan fingerprint density at radius 3 is 2.11 bits per heavy atom. The topological polar surface area (TPSA) is 74.0 Å². The minimum absolute atomic E-state index is 0.0753. The first-order valence-corrected chi connectivity index (χ1v) is 15.7. The van der Waals surface area contributed by atoms with Crippen molar-refractivity contribution in [1.82, 2.24) is 4.90 Å². The van der Waals surface area contributed by atoms with E-state index in [2.05, 4.69) is 29.2 Å². The molecule has 0 radical (unpaired) electrons. The number of piperidine rings is 1. The predicted molar refractivity (Wildman–Crippen MR) is 148 cm³/mol. The van der Waals surface area contributed by atoms with Crippen LogP contribution in [0.1, 0.15) is 95.0 Å². The van der Waals surface area contributed by atoms with Gasteiger partial charge < -0.3 is 15.4 Å². The second-order valence-corrected chi connectivity index (χ2v) is 13.2. The molecule has 1 aromatic carbocycles. The van der Waals surface area contributed by atoms with Crippen molar-refractivity contribution in [3.63, 3.8) is 0 Å². The maximum absolute atomic E-state index is 11.3. The van der Waals surface area contributed by atoms with Gasteiger partial charge in [0.25, 0.3) is 0 Å². The van der Waals surface area contributed by atoms with Crippen molar-refractivity contribution in [2.45, 2.75) is 102 Å². The molecule has 4 bridgehead atoms. The molecule has 6 heteroatoms. The van der Waals surface area contributed by atoms with Gasteiger partial charge in [-0.15, -0.1) is 0 Å². The Labute approximate surface area is 228 Å². The summed E-state index contributed by atoms with van der Waals surface area (Å²) in [6, 6.07) is 8.80. The molecule has 5 aliphatic carbocycles. The fraction of sp³-hybridized carbons (Fsp3) is 0.781. The Kier molecular flexibility index (Phi) is 8.58. The number of hydrogen-bond acceptors (Lipinski definition) is 5. The fourth-order valence-electron chi connectivity index (χ4n) is 8.57. The standard InChI is InChI=1S/C32H48N2O4/c33-32(35)26-11-14-34(15-12-26)13-1-2-16-36-29-7-3-24(4-8-29)25-5-9-30(10-6-25)37-38-31-27-18-22-17-23(20-27)21-28(31)19-22/h3-4,7-8,22-23,25-28,30-31H,1-2,5-6,9-21H2,(H2,33,35). The van der Waals surface area contributed by atoms with Crippen molar-refractivity contribution < 1.29 is 19.3 Å². The highest BCUT2D eigenvalue weighted by Gasteiger charge is 2.49. The van der Waals surface area contributed by atoms with Crippen LogP contribution < -0.4 is 10.5 Å². The Morgan fingerprint density at radius 2 is 1.47 bits per heavy atom. The van der Waals surface area contributed by atoms with E-state index in [-0.39, 0.29) is 17.9 Å². The largest absolute Gasteiger partial charge is 0.494 e. The van der Waals surface area contributed by atoms with E-state index in [1.165, 1.54) is 50.5 Å². The van der Waals surface area contributed by atoms with Crippen LogP contribution in [-0.2, 0) is 14.6 Å². The lowest BCUT2D eigenvalue weighted by Gasteiger charge is -2.53. The van der Waals surface area contributed by atoms with Gasteiger partial charge in [-0.05, 0) is 150 Å². The summed E-state index contributed by atoms with van der Waals surface area (Å²) in [4.78, 5) is 26.0. The van der Waals surface area contributed by atoms with Gasteiger partial charge in [0.1, 0.15) is 5.75 Å². The molecule has 210 valence electrons. The number of hydrogen-bond donors (Lipinski definition) is 1. The fourth-order valence-corrected chi connectivity index (χ4v) is 8.57. The SMILES string of the molecule is NC(=O)C1CCN(CCCCOc2ccc(C3CCC(OOC4C5CC6CC(C5)CC4C6)CC3)cc2)CC1. The first kappa shape index (κ1) is 26.6. The number of rotatable bonds is 11. The number of nitrogens with two attached hydrogens (primary N) is 1. The first-order chi connectivity index (χ1) is 18.6. The lowest BCUT2D eigenvalue weighted by atomic mass is 9.55. The van der Waals surface area contributed by atoms with E-state index in [9.17, 15) is 4.79 Å². The summed E-state index contributed by atoms with van der Waals surface area (Å²) in [6.45, 7) is 3.80. The van der Waals surface area contributed by atoms with Crippen LogP contribution in [0.3, 0.4) is 0 Å². The van der Waals surface area contributed by atoms with Crippen molar-refractivity contribution in [3.8, 4) is 5.75 Å². The third-order valence-corrected chi connectivity index (χ3v) is 10.6. The molecule has 1 amide bonds. The highest BCUT2D eigenvalue weighted by molar-refractivity contribution is 5.76. The average Bonchev–Trinajstić information content (AvgIpc) is 2.93. The highest BCUT2D eigenvalue weighted by atomic mass is 17.2. The van der Waals surface area contributed by atoms with Crippen molar-refractivity contribution >= 4 is 5.91 Å². The summed E-state index contributed by atoms with van der Waals surface area (Å²) in [5, 5.41) is 0. The third-order valence-electron chi connectivity index (χ3n) is 10.6. The number of carbonyl (C=O) groups is 1. The molecule has 2 N–H and O–H groups in total. The Hall–Kier alpha value is -1.63. The Bertz CT molecular complexity index is 877. The van der Waals surface area contributed by atoms with Crippen molar-refractivity contribution in [1.29, 1.82) is 0 Å². The number of nitrogens with zero attached hydrogens (tertiary/aromatic N) is 1.